The molecule has 0 aliphatic carbocycles. The first-order valence-corrected chi connectivity index (χ1v) is 5.57. The lowest BCUT2D eigenvalue weighted by Crippen LogP contribution is -2.28. The Bertz CT molecular complexity index is 441. The van der Waals surface area contributed by atoms with Crippen LogP contribution in [-0.4, -0.2) is 27.5 Å². The molecule has 0 saturated carbocycles. The van der Waals surface area contributed by atoms with E-state index in [4.69, 9.17) is 4.74 Å². The molecular weight excluding hydrogens is 220 g/mol. The number of hydrogen-bond acceptors (Lipinski definition) is 4. The average molecular weight is 238 g/mol. The quantitative estimate of drug-likeness (QED) is 0.742. The lowest BCUT2D eigenvalue weighted by molar-refractivity contribution is 0.0529. The van der Waals surface area contributed by atoms with E-state index in [2.05, 4.69) is 4.98 Å². The summed E-state index contributed by atoms with van der Waals surface area (Å²) >= 11 is 0. The maximum Gasteiger partial charge on any atom is 0.420 e. The Balaban J connectivity index is 3.16. The largest absolute Gasteiger partial charge is 0.443 e. The molecule has 0 atom stereocenters. The van der Waals surface area contributed by atoms with Crippen LogP contribution >= 0.6 is 0 Å². The normalized spacial score (nSPS) is 11.4. The van der Waals surface area contributed by atoms with Gasteiger partial charge < -0.3 is 4.74 Å². The minimum Gasteiger partial charge on any atom is -0.443 e. The Kier molecular flexibility index (Phi) is 3.70. The van der Waals surface area contributed by atoms with Crippen molar-refractivity contribution in [2.24, 2.45) is 0 Å². The molecule has 0 bridgehead atoms. The lowest BCUT2D eigenvalue weighted by atomic mass is 10.2. The number of aromatic nitrogens is 2. The van der Waals surface area contributed by atoms with E-state index < -0.39 is 11.7 Å². The van der Waals surface area contributed by atoms with E-state index in [9.17, 15) is 9.59 Å². The molecule has 0 amide bonds. The van der Waals surface area contributed by atoms with Gasteiger partial charge in [0.05, 0.1) is 5.69 Å². The second kappa shape index (κ2) is 4.69. The summed E-state index contributed by atoms with van der Waals surface area (Å²) in [5.74, 6) is 0.541. The molecule has 1 heterocycles. The van der Waals surface area contributed by atoms with Gasteiger partial charge in [0.2, 0.25) is 0 Å². The molecule has 1 aromatic heterocycles. The van der Waals surface area contributed by atoms with Crippen molar-refractivity contribution >= 4 is 12.4 Å². The van der Waals surface area contributed by atoms with E-state index in [0.717, 1.165) is 0 Å². The minimum absolute atomic E-state index is 0.285. The van der Waals surface area contributed by atoms with Crippen LogP contribution in [0.3, 0.4) is 0 Å². The van der Waals surface area contributed by atoms with Gasteiger partial charge in [-0.2, -0.15) is 0 Å². The second-order valence-corrected chi connectivity index (χ2v) is 4.79. The van der Waals surface area contributed by atoms with E-state index in [1.54, 1.807) is 27.7 Å². The molecule has 0 spiro atoms. The second-order valence-electron chi connectivity index (χ2n) is 4.79. The van der Waals surface area contributed by atoms with E-state index in [1.165, 1.54) is 4.57 Å². The molecule has 0 aliphatic heterocycles. The maximum atomic E-state index is 12.0. The molecule has 1 aromatic rings. The zero-order chi connectivity index (χ0) is 13.2. The molecule has 1 rings (SSSR count). The van der Waals surface area contributed by atoms with Crippen LogP contribution in [-0.2, 0) is 11.2 Å². The Morgan fingerprint density at radius 1 is 1.47 bits per heavy atom. The van der Waals surface area contributed by atoms with Crippen LogP contribution in [0.2, 0.25) is 0 Å². The number of hydrogen-bond donors (Lipinski definition) is 0. The number of aldehydes is 1. The predicted molar refractivity (Wildman–Crippen MR) is 63.4 cm³/mol. The summed E-state index contributed by atoms with van der Waals surface area (Å²) in [6, 6.07) is 0. The number of carbonyl (C=O) groups excluding carboxylic acids is 2. The van der Waals surface area contributed by atoms with Crippen LogP contribution in [0.25, 0.3) is 0 Å². The molecule has 0 aromatic carbocycles. The summed E-state index contributed by atoms with van der Waals surface area (Å²) in [4.78, 5) is 26.9. The summed E-state index contributed by atoms with van der Waals surface area (Å²) < 4.78 is 6.63. The predicted octanol–water partition coefficient (Wildman–Crippen LogP) is 2.35. The van der Waals surface area contributed by atoms with Gasteiger partial charge in [0.1, 0.15) is 17.1 Å². The van der Waals surface area contributed by atoms with Crippen molar-refractivity contribution in [3.8, 4) is 0 Å². The number of aryl methyl sites for hydroxylation is 1. The first-order valence-electron chi connectivity index (χ1n) is 5.57. The number of carbonyl (C=O) groups is 2. The summed E-state index contributed by atoms with van der Waals surface area (Å²) in [5.41, 5.74) is 0.235. The molecular formula is C12H18N2O3. The third kappa shape index (κ3) is 2.93. The molecule has 5 nitrogen and oxygen atoms in total. The molecule has 5 heteroatoms. The van der Waals surface area contributed by atoms with Gasteiger partial charge >= 0.3 is 6.09 Å². The highest BCUT2D eigenvalue weighted by molar-refractivity contribution is 5.79. The summed E-state index contributed by atoms with van der Waals surface area (Å²) in [5, 5.41) is 0. The van der Waals surface area contributed by atoms with Crippen molar-refractivity contribution < 1.29 is 14.3 Å². The monoisotopic (exact) mass is 238 g/mol. The van der Waals surface area contributed by atoms with Gasteiger partial charge in [0.25, 0.3) is 0 Å². The van der Waals surface area contributed by atoms with E-state index >= 15 is 0 Å². The molecule has 0 unspecified atom stereocenters. The fraction of sp³-hybridized carbons (Fsp3) is 0.583. The Hall–Kier alpha value is -1.65. The van der Waals surface area contributed by atoms with Crippen LogP contribution in [0.4, 0.5) is 4.79 Å². The smallest absolute Gasteiger partial charge is 0.420 e. The van der Waals surface area contributed by atoms with Crippen LogP contribution in [0.15, 0.2) is 0 Å². The van der Waals surface area contributed by atoms with E-state index in [-0.39, 0.29) is 5.69 Å². The van der Waals surface area contributed by atoms with Gasteiger partial charge in [-0.15, -0.1) is 0 Å². The SMILES string of the molecule is CCc1nc(C=O)c(C)n1C(=O)OC(C)(C)C. The zero-order valence-electron chi connectivity index (χ0n) is 10.9. The maximum absolute atomic E-state index is 12.0. The fourth-order valence-electron chi connectivity index (χ4n) is 1.48. The first-order chi connectivity index (χ1) is 7.80. The molecule has 0 radical (unpaired) electrons. The number of ether oxygens (including phenoxy) is 1. The van der Waals surface area contributed by atoms with Gasteiger partial charge in [-0.25, -0.2) is 14.3 Å². The highest BCUT2D eigenvalue weighted by atomic mass is 16.6. The highest BCUT2D eigenvalue weighted by Crippen LogP contribution is 2.15. The Morgan fingerprint density at radius 2 is 2.06 bits per heavy atom. The number of nitrogens with zero attached hydrogens (tertiary/aromatic N) is 2. The lowest BCUT2D eigenvalue weighted by Gasteiger charge is -2.20. The molecule has 94 valence electrons. The first kappa shape index (κ1) is 13.4. The van der Waals surface area contributed by atoms with Crippen LogP contribution in [0.5, 0.6) is 0 Å². The van der Waals surface area contributed by atoms with E-state index in [0.29, 0.717) is 24.2 Å². The van der Waals surface area contributed by atoms with Gasteiger partial charge in [-0.1, -0.05) is 6.92 Å². The average Bonchev–Trinajstić information content (AvgIpc) is 2.52. The fourth-order valence-corrected chi connectivity index (χ4v) is 1.48. The van der Waals surface area contributed by atoms with Gasteiger partial charge in [-0.3, -0.25) is 4.79 Å². The summed E-state index contributed by atoms with van der Waals surface area (Å²) in [7, 11) is 0. The van der Waals surface area contributed by atoms with Crippen LogP contribution in [0, 0.1) is 6.92 Å². The third-order valence-corrected chi connectivity index (χ3v) is 2.22. The Morgan fingerprint density at radius 3 is 2.47 bits per heavy atom. The standard InChI is InChI=1S/C12H18N2O3/c1-6-10-13-9(7-15)8(2)14(10)11(16)17-12(3,4)5/h7H,6H2,1-5H3. The molecule has 0 fully saturated rings. The van der Waals surface area contributed by atoms with E-state index in [1.807, 2.05) is 6.92 Å². The van der Waals surface area contributed by atoms with Crippen molar-refractivity contribution in [1.29, 1.82) is 0 Å². The topological polar surface area (TPSA) is 61.2 Å². The zero-order valence-corrected chi connectivity index (χ0v) is 10.9. The number of rotatable bonds is 2. The van der Waals surface area contributed by atoms with Gasteiger partial charge in [0, 0.05) is 6.42 Å². The van der Waals surface area contributed by atoms with Crippen molar-refractivity contribution in [3.63, 3.8) is 0 Å². The minimum atomic E-state index is -0.569. The van der Waals surface area contributed by atoms with Crippen molar-refractivity contribution in [2.45, 2.75) is 46.6 Å². The van der Waals surface area contributed by atoms with Gasteiger partial charge in [0.15, 0.2) is 6.29 Å². The summed E-state index contributed by atoms with van der Waals surface area (Å²) in [6.07, 6.45) is 0.718. The van der Waals surface area contributed by atoms with Crippen LogP contribution in [0.1, 0.15) is 49.7 Å². The molecule has 0 saturated heterocycles. The van der Waals surface area contributed by atoms with Crippen molar-refractivity contribution in [3.05, 3.63) is 17.2 Å². The summed E-state index contributed by atoms with van der Waals surface area (Å²) in [6.45, 7) is 8.94. The molecule has 0 N–H and O–H groups in total. The molecule has 17 heavy (non-hydrogen) atoms. The third-order valence-electron chi connectivity index (χ3n) is 2.22. The highest BCUT2D eigenvalue weighted by Gasteiger charge is 2.23. The number of imidazole rings is 1. The Labute approximate surface area is 101 Å². The van der Waals surface area contributed by atoms with Crippen LogP contribution < -0.4 is 0 Å². The van der Waals surface area contributed by atoms with Gasteiger partial charge in [-0.05, 0) is 27.7 Å². The van der Waals surface area contributed by atoms with Crippen molar-refractivity contribution in [2.75, 3.05) is 0 Å². The van der Waals surface area contributed by atoms with Crippen molar-refractivity contribution in [1.82, 2.24) is 9.55 Å². The molecule has 0 aliphatic rings.